The molecule has 2 atom stereocenters. The van der Waals surface area contributed by atoms with E-state index in [2.05, 4.69) is 5.32 Å². The van der Waals surface area contributed by atoms with Gasteiger partial charge in [0.05, 0.1) is 12.0 Å². The van der Waals surface area contributed by atoms with Crippen LogP contribution < -0.4 is 5.32 Å². The molecular formula is C23H26N2O4. The summed E-state index contributed by atoms with van der Waals surface area (Å²) in [7, 11) is 0. The summed E-state index contributed by atoms with van der Waals surface area (Å²) in [4.78, 5) is 38.7. The summed E-state index contributed by atoms with van der Waals surface area (Å²) in [6.45, 7) is 5.68. The maximum Gasteiger partial charge on any atom is 0.311 e. The number of rotatable bonds is 6. The first-order valence-corrected chi connectivity index (χ1v) is 9.74. The minimum Gasteiger partial charge on any atom is -0.455 e. The largest absolute Gasteiger partial charge is 0.455 e. The predicted octanol–water partition coefficient (Wildman–Crippen LogP) is 3.39. The minimum absolute atomic E-state index is 0.0803. The van der Waals surface area contributed by atoms with E-state index in [9.17, 15) is 14.4 Å². The van der Waals surface area contributed by atoms with Crippen LogP contribution in [-0.4, -0.2) is 35.8 Å². The Balaban J connectivity index is 1.53. The molecule has 0 unspecified atom stereocenters. The van der Waals surface area contributed by atoms with E-state index in [1.54, 1.807) is 4.90 Å². The second-order valence-electron chi connectivity index (χ2n) is 7.46. The Morgan fingerprint density at radius 1 is 1.10 bits per heavy atom. The van der Waals surface area contributed by atoms with E-state index in [1.165, 1.54) is 0 Å². The molecule has 152 valence electrons. The van der Waals surface area contributed by atoms with Gasteiger partial charge >= 0.3 is 5.97 Å². The molecule has 1 saturated heterocycles. The van der Waals surface area contributed by atoms with Crippen molar-refractivity contribution in [1.29, 1.82) is 0 Å². The van der Waals surface area contributed by atoms with Crippen LogP contribution >= 0.6 is 0 Å². The number of ether oxygens (including phenoxy) is 1. The number of anilines is 1. The smallest absolute Gasteiger partial charge is 0.311 e. The van der Waals surface area contributed by atoms with Crippen molar-refractivity contribution in [2.75, 3.05) is 18.5 Å². The topological polar surface area (TPSA) is 75.7 Å². The van der Waals surface area contributed by atoms with Crippen LogP contribution in [0.25, 0.3) is 0 Å². The van der Waals surface area contributed by atoms with Crippen molar-refractivity contribution in [2.24, 2.45) is 5.92 Å². The van der Waals surface area contributed by atoms with Gasteiger partial charge in [0.2, 0.25) is 5.91 Å². The zero-order valence-electron chi connectivity index (χ0n) is 17.0. The second-order valence-corrected chi connectivity index (χ2v) is 7.46. The SMILES string of the molecule is Cc1cccc(C)c1NC(=O)COC(=O)[C@H]1CC(=O)N([C@@H](C)c2ccccc2)C1. The van der Waals surface area contributed by atoms with Gasteiger partial charge in [-0.3, -0.25) is 14.4 Å². The molecule has 0 saturated carbocycles. The highest BCUT2D eigenvalue weighted by Crippen LogP contribution is 2.29. The monoisotopic (exact) mass is 394 g/mol. The number of esters is 1. The molecule has 1 aliphatic heterocycles. The standard InChI is InChI=1S/C23H26N2O4/c1-15-8-7-9-16(2)22(15)24-20(26)14-29-23(28)19-12-21(27)25(13-19)17(3)18-10-5-4-6-11-18/h4-11,17,19H,12-14H2,1-3H3,(H,24,26)/t17-,19-/m0/s1. The Kier molecular flexibility index (Phi) is 6.32. The quantitative estimate of drug-likeness (QED) is 0.762. The van der Waals surface area contributed by atoms with Crippen molar-refractivity contribution >= 4 is 23.5 Å². The number of carbonyl (C=O) groups excluding carboxylic acids is 3. The summed E-state index contributed by atoms with van der Waals surface area (Å²) >= 11 is 0. The highest BCUT2D eigenvalue weighted by Gasteiger charge is 2.38. The first-order chi connectivity index (χ1) is 13.9. The maximum absolute atomic E-state index is 12.4. The van der Waals surface area contributed by atoms with E-state index < -0.39 is 17.8 Å². The number of hydrogen-bond acceptors (Lipinski definition) is 4. The molecule has 2 amide bonds. The molecule has 0 radical (unpaired) electrons. The molecule has 0 aromatic heterocycles. The molecule has 6 nitrogen and oxygen atoms in total. The number of nitrogens with one attached hydrogen (secondary N) is 1. The van der Waals surface area contributed by atoms with E-state index in [4.69, 9.17) is 4.74 Å². The van der Waals surface area contributed by atoms with E-state index in [0.29, 0.717) is 6.54 Å². The molecule has 1 fully saturated rings. The van der Waals surface area contributed by atoms with Gasteiger partial charge in [-0.05, 0) is 37.5 Å². The van der Waals surface area contributed by atoms with Crippen LogP contribution in [0, 0.1) is 19.8 Å². The van der Waals surface area contributed by atoms with E-state index in [0.717, 1.165) is 22.4 Å². The number of nitrogens with zero attached hydrogens (tertiary/aromatic N) is 1. The molecule has 1 aliphatic rings. The Labute approximate surface area is 170 Å². The third-order valence-corrected chi connectivity index (χ3v) is 5.33. The lowest BCUT2D eigenvalue weighted by atomic mass is 10.1. The van der Waals surface area contributed by atoms with E-state index >= 15 is 0 Å². The Morgan fingerprint density at radius 2 is 1.76 bits per heavy atom. The number of aryl methyl sites for hydroxylation is 2. The lowest BCUT2D eigenvalue weighted by molar-refractivity contribution is -0.151. The summed E-state index contributed by atoms with van der Waals surface area (Å²) in [6.07, 6.45) is 0.106. The highest BCUT2D eigenvalue weighted by molar-refractivity contribution is 5.95. The second kappa shape index (κ2) is 8.90. The summed E-state index contributed by atoms with van der Waals surface area (Å²) < 4.78 is 5.19. The zero-order chi connectivity index (χ0) is 21.0. The number of carbonyl (C=O) groups is 3. The number of amides is 2. The molecule has 1 N–H and O–H groups in total. The molecule has 1 heterocycles. The minimum atomic E-state index is -0.554. The Bertz CT molecular complexity index is 890. The van der Waals surface area contributed by atoms with Gasteiger partial charge in [-0.1, -0.05) is 48.5 Å². The third-order valence-electron chi connectivity index (χ3n) is 5.33. The fourth-order valence-electron chi connectivity index (χ4n) is 3.62. The number of benzene rings is 2. The van der Waals surface area contributed by atoms with Crippen LogP contribution in [0.3, 0.4) is 0 Å². The normalized spacial score (nSPS) is 17.1. The summed E-state index contributed by atoms with van der Waals surface area (Å²) in [5.74, 6) is -1.54. The molecule has 3 rings (SSSR count). The van der Waals surface area contributed by atoms with Crippen LogP contribution in [0.1, 0.15) is 36.1 Å². The molecule has 2 aromatic carbocycles. The Hall–Kier alpha value is -3.15. The molecule has 2 aromatic rings. The van der Waals surface area contributed by atoms with Gasteiger partial charge in [0, 0.05) is 18.7 Å². The van der Waals surface area contributed by atoms with Gasteiger partial charge in [0.25, 0.3) is 5.91 Å². The van der Waals surface area contributed by atoms with Crippen molar-refractivity contribution in [1.82, 2.24) is 4.90 Å². The van der Waals surface area contributed by atoms with Crippen LogP contribution in [0.4, 0.5) is 5.69 Å². The van der Waals surface area contributed by atoms with Gasteiger partial charge in [-0.15, -0.1) is 0 Å². The summed E-state index contributed by atoms with van der Waals surface area (Å²) in [6, 6.07) is 15.3. The summed E-state index contributed by atoms with van der Waals surface area (Å²) in [5.41, 5.74) is 3.63. The van der Waals surface area contributed by atoms with Crippen molar-refractivity contribution in [3.8, 4) is 0 Å². The van der Waals surface area contributed by atoms with Gasteiger partial charge in [-0.2, -0.15) is 0 Å². The Morgan fingerprint density at radius 3 is 2.41 bits per heavy atom. The average molecular weight is 394 g/mol. The third kappa shape index (κ3) is 4.83. The molecule has 29 heavy (non-hydrogen) atoms. The van der Waals surface area contributed by atoms with Gasteiger partial charge in [0.1, 0.15) is 0 Å². The van der Waals surface area contributed by atoms with E-state index in [1.807, 2.05) is 69.3 Å². The zero-order valence-corrected chi connectivity index (χ0v) is 17.0. The number of hydrogen-bond donors (Lipinski definition) is 1. The molecule has 0 aliphatic carbocycles. The van der Waals surface area contributed by atoms with Gasteiger partial charge in [-0.25, -0.2) is 0 Å². The van der Waals surface area contributed by atoms with E-state index in [-0.39, 0.29) is 25.0 Å². The molecule has 6 heteroatoms. The lowest BCUT2D eigenvalue weighted by Gasteiger charge is -2.25. The fraction of sp³-hybridized carbons (Fsp3) is 0.348. The molecule has 0 bridgehead atoms. The van der Waals surface area contributed by atoms with Gasteiger partial charge in [0.15, 0.2) is 6.61 Å². The average Bonchev–Trinajstić information content (AvgIpc) is 3.11. The number of para-hydroxylation sites is 1. The van der Waals surface area contributed by atoms with Crippen molar-refractivity contribution in [3.05, 3.63) is 65.2 Å². The molecule has 0 spiro atoms. The lowest BCUT2D eigenvalue weighted by Crippen LogP contribution is -2.30. The van der Waals surface area contributed by atoms with Crippen LogP contribution in [0.5, 0.6) is 0 Å². The first-order valence-electron chi connectivity index (χ1n) is 9.74. The predicted molar refractivity (Wildman–Crippen MR) is 110 cm³/mol. The maximum atomic E-state index is 12.4. The van der Waals surface area contributed by atoms with Crippen LogP contribution in [0.15, 0.2) is 48.5 Å². The van der Waals surface area contributed by atoms with Crippen LogP contribution in [0.2, 0.25) is 0 Å². The summed E-state index contributed by atoms with van der Waals surface area (Å²) in [5, 5.41) is 2.79. The first kappa shape index (κ1) is 20.6. The van der Waals surface area contributed by atoms with Crippen molar-refractivity contribution in [3.63, 3.8) is 0 Å². The van der Waals surface area contributed by atoms with Gasteiger partial charge < -0.3 is 15.0 Å². The van der Waals surface area contributed by atoms with Crippen LogP contribution in [-0.2, 0) is 19.1 Å². The highest BCUT2D eigenvalue weighted by atomic mass is 16.5. The number of likely N-dealkylation sites (tertiary alicyclic amines) is 1. The van der Waals surface area contributed by atoms with Crippen molar-refractivity contribution in [2.45, 2.75) is 33.2 Å². The van der Waals surface area contributed by atoms with Crippen molar-refractivity contribution < 1.29 is 19.1 Å². The molecular weight excluding hydrogens is 368 g/mol. The fourth-order valence-corrected chi connectivity index (χ4v) is 3.62.